The van der Waals surface area contributed by atoms with E-state index in [1.165, 1.54) is 18.4 Å². The van der Waals surface area contributed by atoms with Gasteiger partial charge in [-0.1, -0.05) is 24.3 Å². The van der Waals surface area contributed by atoms with Gasteiger partial charge in [-0.25, -0.2) is 0 Å². The molecule has 2 heteroatoms. The van der Waals surface area contributed by atoms with Gasteiger partial charge in [-0.3, -0.25) is 0 Å². The van der Waals surface area contributed by atoms with Gasteiger partial charge >= 0.3 is 0 Å². The van der Waals surface area contributed by atoms with E-state index in [1.54, 1.807) is 7.11 Å². The molecule has 0 spiro atoms. The lowest BCUT2D eigenvalue weighted by molar-refractivity contribution is 0.0807. The summed E-state index contributed by atoms with van der Waals surface area (Å²) >= 11 is 0. The second-order valence-electron chi connectivity index (χ2n) is 4.22. The number of hydrogen-bond acceptors (Lipinski definition) is 2. The predicted octanol–water partition coefficient (Wildman–Crippen LogP) is 2.47. The number of methoxy groups -OCH3 is 1. The van der Waals surface area contributed by atoms with Crippen molar-refractivity contribution in [2.75, 3.05) is 7.11 Å². The van der Waals surface area contributed by atoms with E-state index in [1.807, 2.05) is 12.1 Å². The van der Waals surface area contributed by atoms with Crippen molar-refractivity contribution in [1.82, 2.24) is 0 Å². The topological polar surface area (TPSA) is 33.0 Å². The zero-order valence-electron chi connectivity index (χ0n) is 8.99. The first kappa shape index (κ1) is 10.2. The van der Waals surface area contributed by atoms with Crippen LogP contribution in [-0.2, 0) is 17.6 Å². The summed E-state index contributed by atoms with van der Waals surface area (Å²) in [5.74, 6) is 0. The van der Waals surface area contributed by atoms with Crippen molar-refractivity contribution in [1.29, 1.82) is 5.26 Å². The molecule has 15 heavy (non-hydrogen) atoms. The molecule has 1 aliphatic carbocycles. The molecule has 0 aliphatic heterocycles. The van der Waals surface area contributed by atoms with E-state index in [0.717, 1.165) is 12.0 Å². The highest BCUT2D eigenvalue weighted by Crippen LogP contribution is 2.41. The maximum Gasteiger partial charge on any atom is 0.0721 e. The molecule has 0 atom stereocenters. The van der Waals surface area contributed by atoms with Gasteiger partial charge in [0, 0.05) is 13.5 Å². The van der Waals surface area contributed by atoms with Gasteiger partial charge < -0.3 is 4.74 Å². The van der Waals surface area contributed by atoms with Crippen molar-refractivity contribution in [2.24, 2.45) is 0 Å². The van der Waals surface area contributed by atoms with Crippen LogP contribution in [0.15, 0.2) is 24.3 Å². The number of nitriles is 1. The fraction of sp³-hybridized carbons (Fsp3) is 0.462. The quantitative estimate of drug-likeness (QED) is 0.749. The average Bonchev–Trinajstić information content (AvgIpc) is 3.02. The lowest BCUT2D eigenvalue weighted by atomic mass is 10.0. The maximum absolute atomic E-state index is 8.55. The van der Waals surface area contributed by atoms with Gasteiger partial charge in [0.05, 0.1) is 18.1 Å². The fourth-order valence-electron chi connectivity index (χ4n) is 1.83. The first-order chi connectivity index (χ1) is 7.28. The van der Waals surface area contributed by atoms with E-state index in [0.29, 0.717) is 6.42 Å². The van der Waals surface area contributed by atoms with E-state index in [9.17, 15) is 0 Å². The Hall–Kier alpha value is -1.33. The second kappa shape index (κ2) is 4.04. The van der Waals surface area contributed by atoms with Crippen LogP contribution in [0.3, 0.4) is 0 Å². The van der Waals surface area contributed by atoms with Crippen LogP contribution in [0.2, 0.25) is 0 Å². The Morgan fingerprint density at radius 2 is 1.87 bits per heavy atom. The van der Waals surface area contributed by atoms with E-state index in [4.69, 9.17) is 10.00 Å². The zero-order chi connectivity index (χ0) is 10.7. The molecular formula is C13H15NO. The first-order valence-electron chi connectivity index (χ1n) is 5.28. The van der Waals surface area contributed by atoms with Crippen LogP contribution in [0.5, 0.6) is 0 Å². The third kappa shape index (κ3) is 2.37. The van der Waals surface area contributed by atoms with Crippen LogP contribution in [0.25, 0.3) is 0 Å². The minimum atomic E-state index is 0.122. The van der Waals surface area contributed by atoms with Crippen molar-refractivity contribution >= 4 is 0 Å². The van der Waals surface area contributed by atoms with Crippen LogP contribution >= 0.6 is 0 Å². The van der Waals surface area contributed by atoms with E-state index >= 15 is 0 Å². The van der Waals surface area contributed by atoms with Gasteiger partial charge in [0.1, 0.15) is 0 Å². The molecule has 1 aromatic carbocycles. The van der Waals surface area contributed by atoms with Gasteiger partial charge in [-0.15, -0.1) is 0 Å². The molecule has 1 aromatic rings. The highest BCUT2D eigenvalue weighted by Gasteiger charge is 2.42. The van der Waals surface area contributed by atoms with Crippen molar-refractivity contribution in [2.45, 2.75) is 31.3 Å². The Morgan fingerprint density at radius 1 is 1.27 bits per heavy atom. The molecule has 0 amide bonds. The molecule has 0 heterocycles. The molecule has 0 saturated heterocycles. The normalized spacial score (nSPS) is 17.1. The molecule has 2 nitrogen and oxygen atoms in total. The predicted molar refractivity (Wildman–Crippen MR) is 58.4 cm³/mol. The molecule has 1 fully saturated rings. The molecular weight excluding hydrogens is 186 g/mol. The summed E-state index contributed by atoms with van der Waals surface area (Å²) in [5, 5.41) is 8.55. The molecule has 0 radical (unpaired) electrons. The van der Waals surface area contributed by atoms with Gasteiger partial charge in [-0.05, 0) is 24.0 Å². The SMILES string of the molecule is COC1(Cc2ccc(CC#N)cc2)CC1. The van der Waals surface area contributed by atoms with Crippen molar-refractivity contribution in [3.05, 3.63) is 35.4 Å². The molecule has 0 bridgehead atoms. The summed E-state index contributed by atoms with van der Waals surface area (Å²) < 4.78 is 5.48. The summed E-state index contributed by atoms with van der Waals surface area (Å²) in [6, 6.07) is 10.4. The van der Waals surface area contributed by atoms with Gasteiger partial charge in [0.15, 0.2) is 0 Å². The Bertz CT molecular complexity index is 371. The van der Waals surface area contributed by atoms with Crippen LogP contribution in [0.4, 0.5) is 0 Å². The summed E-state index contributed by atoms with van der Waals surface area (Å²) in [6.07, 6.45) is 3.83. The Balaban J connectivity index is 2.02. The third-order valence-electron chi connectivity index (χ3n) is 3.07. The second-order valence-corrected chi connectivity index (χ2v) is 4.22. The molecule has 1 aliphatic rings. The van der Waals surface area contributed by atoms with Gasteiger partial charge in [0.2, 0.25) is 0 Å². The first-order valence-corrected chi connectivity index (χ1v) is 5.28. The minimum absolute atomic E-state index is 0.122. The van der Waals surface area contributed by atoms with E-state index in [2.05, 4.69) is 18.2 Å². The third-order valence-corrected chi connectivity index (χ3v) is 3.07. The van der Waals surface area contributed by atoms with Crippen molar-refractivity contribution in [3.63, 3.8) is 0 Å². The van der Waals surface area contributed by atoms with Gasteiger partial charge in [0.25, 0.3) is 0 Å². The van der Waals surface area contributed by atoms with Gasteiger partial charge in [-0.2, -0.15) is 5.26 Å². The summed E-state index contributed by atoms with van der Waals surface area (Å²) in [4.78, 5) is 0. The standard InChI is InChI=1S/C13H15NO/c1-15-13(7-8-13)10-12-4-2-11(3-5-12)6-9-14/h2-5H,6-8,10H2,1H3. The van der Waals surface area contributed by atoms with E-state index < -0.39 is 0 Å². The molecule has 0 unspecified atom stereocenters. The number of hydrogen-bond donors (Lipinski definition) is 0. The van der Waals surface area contributed by atoms with E-state index in [-0.39, 0.29) is 5.60 Å². The molecule has 2 rings (SSSR count). The number of nitrogens with zero attached hydrogens (tertiary/aromatic N) is 1. The van der Waals surface area contributed by atoms with Crippen molar-refractivity contribution < 1.29 is 4.74 Å². The number of benzene rings is 1. The lowest BCUT2D eigenvalue weighted by Gasteiger charge is -2.12. The molecule has 1 saturated carbocycles. The zero-order valence-corrected chi connectivity index (χ0v) is 8.99. The minimum Gasteiger partial charge on any atom is -0.378 e. The highest BCUT2D eigenvalue weighted by atomic mass is 16.5. The van der Waals surface area contributed by atoms with Crippen LogP contribution in [0.1, 0.15) is 24.0 Å². The molecule has 0 N–H and O–H groups in total. The Kier molecular flexibility index (Phi) is 2.75. The molecule has 78 valence electrons. The monoisotopic (exact) mass is 201 g/mol. The number of ether oxygens (including phenoxy) is 1. The Labute approximate surface area is 90.5 Å². The lowest BCUT2D eigenvalue weighted by Crippen LogP contribution is -2.14. The average molecular weight is 201 g/mol. The maximum atomic E-state index is 8.55. The highest BCUT2D eigenvalue weighted by molar-refractivity contribution is 5.26. The van der Waals surface area contributed by atoms with Crippen LogP contribution in [0, 0.1) is 11.3 Å². The van der Waals surface area contributed by atoms with Crippen molar-refractivity contribution in [3.8, 4) is 6.07 Å². The smallest absolute Gasteiger partial charge is 0.0721 e. The summed E-state index contributed by atoms with van der Waals surface area (Å²) in [5.41, 5.74) is 2.51. The summed E-state index contributed by atoms with van der Waals surface area (Å²) in [6.45, 7) is 0. The van der Waals surface area contributed by atoms with Crippen LogP contribution in [-0.4, -0.2) is 12.7 Å². The number of rotatable bonds is 4. The fourth-order valence-corrected chi connectivity index (χ4v) is 1.83. The largest absolute Gasteiger partial charge is 0.378 e. The van der Waals surface area contributed by atoms with Crippen LogP contribution < -0.4 is 0 Å². The Morgan fingerprint density at radius 3 is 2.33 bits per heavy atom. The molecule has 0 aromatic heterocycles. The summed E-state index contributed by atoms with van der Waals surface area (Å²) in [7, 11) is 1.79.